The summed E-state index contributed by atoms with van der Waals surface area (Å²) in [7, 11) is -0.891. The maximum absolute atomic E-state index is 3.27. The smallest absolute Gasteiger partial charge is 0.0573 e. The molecular formula is C10H20Si. The van der Waals surface area contributed by atoms with E-state index in [1.54, 1.807) is 0 Å². The zero-order valence-electron chi connectivity index (χ0n) is 8.33. The van der Waals surface area contributed by atoms with E-state index in [9.17, 15) is 0 Å². The van der Waals surface area contributed by atoms with Gasteiger partial charge in [0.05, 0.1) is 8.07 Å². The Labute approximate surface area is 72.4 Å². The molecule has 0 saturated heterocycles. The summed E-state index contributed by atoms with van der Waals surface area (Å²) in [6, 6.07) is 1.16. The molecule has 0 unspecified atom stereocenters. The summed E-state index contributed by atoms with van der Waals surface area (Å²) in [5.41, 5.74) is 0. The van der Waals surface area contributed by atoms with Gasteiger partial charge in [0.15, 0.2) is 0 Å². The highest BCUT2D eigenvalue weighted by molar-refractivity contribution is 6.76. The Kier molecular flexibility index (Phi) is 5.32. The van der Waals surface area contributed by atoms with Crippen LogP contribution in [0.15, 0.2) is 0 Å². The Bertz CT molecular complexity index is 142. The van der Waals surface area contributed by atoms with Gasteiger partial charge in [0, 0.05) is 12.5 Å². The Morgan fingerprint density at radius 3 is 2.18 bits per heavy atom. The van der Waals surface area contributed by atoms with Crippen LogP contribution in [0.2, 0.25) is 25.7 Å². The van der Waals surface area contributed by atoms with Crippen LogP contribution in [-0.4, -0.2) is 8.07 Å². The van der Waals surface area contributed by atoms with Crippen LogP contribution in [0.3, 0.4) is 0 Å². The van der Waals surface area contributed by atoms with E-state index < -0.39 is 8.07 Å². The minimum absolute atomic E-state index is 0.891. The molecule has 0 aromatic carbocycles. The molecule has 0 bridgehead atoms. The van der Waals surface area contributed by atoms with Gasteiger partial charge in [0.25, 0.3) is 0 Å². The molecule has 0 aliphatic rings. The third-order valence-corrected chi connectivity index (χ3v) is 2.64. The normalized spacial score (nSPS) is 10.5. The lowest BCUT2D eigenvalue weighted by atomic mass is 10.3. The highest BCUT2D eigenvalue weighted by atomic mass is 28.3. The first-order chi connectivity index (χ1) is 5.06. The van der Waals surface area contributed by atoms with Crippen molar-refractivity contribution in [2.75, 3.05) is 0 Å². The molecule has 1 heteroatoms. The van der Waals surface area contributed by atoms with Crippen LogP contribution in [0.5, 0.6) is 0 Å². The Morgan fingerprint density at radius 1 is 1.09 bits per heavy atom. The van der Waals surface area contributed by atoms with Crippen LogP contribution in [0.25, 0.3) is 0 Å². The minimum atomic E-state index is -0.891. The molecule has 0 amide bonds. The summed E-state index contributed by atoms with van der Waals surface area (Å²) in [5, 5.41) is 0. The van der Waals surface area contributed by atoms with Crippen molar-refractivity contribution >= 4 is 8.07 Å². The SMILES string of the molecule is CCCCC#CC[Si](C)(C)C. The summed E-state index contributed by atoms with van der Waals surface area (Å²) in [4.78, 5) is 0. The fourth-order valence-corrected chi connectivity index (χ4v) is 1.34. The molecule has 0 aromatic heterocycles. The molecular weight excluding hydrogens is 148 g/mol. The predicted molar refractivity (Wildman–Crippen MR) is 55.5 cm³/mol. The van der Waals surface area contributed by atoms with Gasteiger partial charge in [-0.3, -0.25) is 0 Å². The quantitative estimate of drug-likeness (QED) is 0.344. The van der Waals surface area contributed by atoms with Gasteiger partial charge >= 0.3 is 0 Å². The third kappa shape index (κ3) is 9.78. The summed E-state index contributed by atoms with van der Waals surface area (Å²) >= 11 is 0. The van der Waals surface area contributed by atoms with Crippen molar-refractivity contribution in [2.45, 2.75) is 51.9 Å². The van der Waals surface area contributed by atoms with Crippen LogP contribution < -0.4 is 0 Å². The van der Waals surface area contributed by atoms with E-state index >= 15 is 0 Å². The lowest BCUT2D eigenvalue weighted by molar-refractivity contribution is 0.828. The molecule has 0 heterocycles. The van der Waals surface area contributed by atoms with Crippen LogP contribution >= 0.6 is 0 Å². The van der Waals surface area contributed by atoms with E-state index in [0.717, 1.165) is 12.5 Å². The summed E-state index contributed by atoms with van der Waals surface area (Å²) < 4.78 is 0. The zero-order chi connectivity index (χ0) is 8.74. The Morgan fingerprint density at radius 2 is 1.73 bits per heavy atom. The molecule has 0 saturated carbocycles. The van der Waals surface area contributed by atoms with Crippen molar-refractivity contribution < 1.29 is 0 Å². The molecule has 0 aliphatic heterocycles. The van der Waals surface area contributed by atoms with Crippen LogP contribution in [0.4, 0.5) is 0 Å². The Balaban J connectivity index is 3.41. The van der Waals surface area contributed by atoms with Gasteiger partial charge in [-0.2, -0.15) is 0 Å². The molecule has 0 spiro atoms. The average Bonchev–Trinajstić information content (AvgIpc) is 1.85. The van der Waals surface area contributed by atoms with Gasteiger partial charge < -0.3 is 0 Å². The van der Waals surface area contributed by atoms with Gasteiger partial charge in [-0.25, -0.2) is 0 Å². The van der Waals surface area contributed by atoms with Crippen LogP contribution in [0.1, 0.15) is 26.2 Å². The molecule has 64 valence electrons. The monoisotopic (exact) mass is 168 g/mol. The van der Waals surface area contributed by atoms with E-state index in [1.807, 2.05) is 0 Å². The average molecular weight is 168 g/mol. The zero-order valence-corrected chi connectivity index (χ0v) is 9.33. The first-order valence-corrected chi connectivity index (χ1v) is 8.22. The standard InChI is InChI=1S/C10H20Si/c1-5-6-7-8-9-10-11(2,3)4/h5-7,10H2,1-4H3. The van der Waals surface area contributed by atoms with Crippen molar-refractivity contribution in [3.05, 3.63) is 0 Å². The molecule has 0 rings (SSSR count). The van der Waals surface area contributed by atoms with E-state index in [0.29, 0.717) is 0 Å². The van der Waals surface area contributed by atoms with Gasteiger partial charge in [-0.1, -0.05) is 33.0 Å². The second kappa shape index (κ2) is 5.43. The molecule has 0 N–H and O–H groups in total. The van der Waals surface area contributed by atoms with E-state index in [1.165, 1.54) is 12.8 Å². The molecule has 0 atom stereocenters. The van der Waals surface area contributed by atoms with Gasteiger partial charge in [-0.15, -0.1) is 11.8 Å². The fourth-order valence-electron chi connectivity index (χ4n) is 0.681. The third-order valence-electron chi connectivity index (χ3n) is 1.40. The molecule has 0 aliphatic carbocycles. The number of hydrogen-bond donors (Lipinski definition) is 0. The van der Waals surface area contributed by atoms with Crippen molar-refractivity contribution in [3.63, 3.8) is 0 Å². The molecule has 0 fully saturated rings. The van der Waals surface area contributed by atoms with Crippen molar-refractivity contribution in [2.24, 2.45) is 0 Å². The molecule has 11 heavy (non-hydrogen) atoms. The lowest BCUT2D eigenvalue weighted by Gasteiger charge is -2.09. The van der Waals surface area contributed by atoms with Gasteiger partial charge in [0.2, 0.25) is 0 Å². The summed E-state index contributed by atoms with van der Waals surface area (Å²) in [6.45, 7) is 9.30. The minimum Gasteiger partial charge on any atom is -0.106 e. The van der Waals surface area contributed by atoms with Crippen molar-refractivity contribution in [1.82, 2.24) is 0 Å². The largest absolute Gasteiger partial charge is 0.106 e. The Hall–Kier alpha value is -0.223. The highest BCUT2D eigenvalue weighted by Crippen LogP contribution is 2.05. The summed E-state index contributed by atoms with van der Waals surface area (Å²) in [5.74, 6) is 6.50. The van der Waals surface area contributed by atoms with Gasteiger partial charge in [-0.05, 0) is 6.42 Å². The number of rotatable bonds is 3. The lowest BCUT2D eigenvalue weighted by Crippen LogP contribution is -2.17. The number of unbranched alkanes of at least 4 members (excludes halogenated alkanes) is 2. The topological polar surface area (TPSA) is 0 Å². The first kappa shape index (κ1) is 10.8. The molecule has 0 aromatic rings. The van der Waals surface area contributed by atoms with Crippen molar-refractivity contribution in [3.8, 4) is 11.8 Å². The van der Waals surface area contributed by atoms with E-state index in [-0.39, 0.29) is 0 Å². The maximum Gasteiger partial charge on any atom is 0.0573 e. The van der Waals surface area contributed by atoms with Crippen molar-refractivity contribution in [1.29, 1.82) is 0 Å². The van der Waals surface area contributed by atoms with E-state index in [2.05, 4.69) is 38.4 Å². The highest BCUT2D eigenvalue weighted by Gasteiger charge is 2.09. The predicted octanol–water partition coefficient (Wildman–Crippen LogP) is 3.52. The van der Waals surface area contributed by atoms with Crippen LogP contribution in [0, 0.1) is 11.8 Å². The molecule has 0 radical (unpaired) electrons. The second-order valence-corrected chi connectivity index (χ2v) is 9.67. The molecule has 0 nitrogen and oxygen atoms in total. The second-order valence-electron chi connectivity index (χ2n) is 4.19. The fraction of sp³-hybridized carbons (Fsp3) is 0.800. The summed E-state index contributed by atoms with van der Waals surface area (Å²) in [6.07, 6.45) is 3.63. The van der Waals surface area contributed by atoms with Crippen LogP contribution in [-0.2, 0) is 0 Å². The number of hydrogen-bond acceptors (Lipinski definition) is 0. The maximum atomic E-state index is 3.27. The van der Waals surface area contributed by atoms with Gasteiger partial charge in [0.1, 0.15) is 0 Å². The first-order valence-electron chi connectivity index (χ1n) is 4.52. The van der Waals surface area contributed by atoms with E-state index in [4.69, 9.17) is 0 Å².